The summed E-state index contributed by atoms with van der Waals surface area (Å²) in [4.78, 5) is 47.1. The van der Waals surface area contributed by atoms with Gasteiger partial charge in [0, 0.05) is 78.4 Å². The Labute approximate surface area is 312 Å². The van der Waals surface area contributed by atoms with Crippen LogP contribution in [0.1, 0.15) is 41.3 Å². The van der Waals surface area contributed by atoms with Gasteiger partial charge in [0.25, 0.3) is 5.56 Å². The molecule has 2 aliphatic rings. The van der Waals surface area contributed by atoms with Crippen molar-refractivity contribution < 1.29 is 14.6 Å². The van der Waals surface area contributed by atoms with E-state index >= 15 is 0 Å². The first-order chi connectivity index (χ1) is 25.8. The van der Waals surface area contributed by atoms with Crippen molar-refractivity contribution in [3.05, 3.63) is 124 Å². The highest BCUT2D eigenvalue weighted by atomic mass is 32.1. The maximum atomic E-state index is 14.2. The van der Waals surface area contributed by atoms with Crippen molar-refractivity contribution in [1.82, 2.24) is 33.9 Å². The molecule has 11 nitrogen and oxygen atoms in total. The molecule has 0 saturated carbocycles. The normalized spacial score (nSPS) is 19.0. The Morgan fingerprint density at radius 3 is 2.49 bits per heavy atom. The van der Waals surface area contributed by atoms with E-state index < -0.39 is 5.60 Å². The molecular weight excluding hydrogens is 687 g/mol. The molecular formula is C41H43N7O4S. The van der Waals surface area contributed by atoms with E-state index in [2.05, 4.69) is 38.1 Å². The lowest BCUT2D eigenvalue weighted by Crippen LogP contribution is -2.53. The summed E-state index contributed by atoms with van der Waals surface area (Å²) in [6.07, 6.45) is 8.71. The summed E-state index contributed by atoms with van der Waals surface area (Å²) in [6.45, 7) is 5.35. The number of fused-ring (bicyclic) bond motifs is 1. The number of amides is 1. The van der Waals surface area contributed by atoms with Crippen LogP contribution in [0.3, 0.4) is 0 Å². The van der Waals surface area contributed by atoms with Crippen LogP contribution in [0.25, 0.3) is 27.3 Å². The Morgan fingerprint density at radius 1 is 0.962 bits per heavy atom. The lowest BCUT2D eigenvalue weighted by Gasteiger charge is -2.43. The van der Waals surface area contributed by atoms with E-state index in [0.29, 0.717) is 37.0 Å². The molecule has 2 aliphatic heterocycles. The van der Waals surface area contributed by atoms with Crippen LogP contribution in [-0.2, 0) is 17.9 Å². The molecule has 272 valence electrons. The van der Waals surface area contributed by atoms with E-state index in [1.165, 1.54) is 21.3 Å². The number of ether oxygens (including phenoxy) is 1. The minimum absolute atomic E-state index is 0.0496. The molecule has 1 amide bonds. The van der Waals surface area contributed by atoms with E-state index in [-0.39, 0.29) is 29.8 Å². The first kappa shape index (κ1) is 34.9. The highest BCUT2D eigenvalue weighted by Crippen LogP contribution is 2.37. The topological polar surface area (TPSA) is 119 Å². The quantitative estimate of drug-likeness (QED) is 0.202. The Balaban J connectivity index is 0.923. The van der Waals surface area contributed by atoms with Crippen molar-refractivity contribution in [3.8, 4) is 22.0 Å². The zero-order chi connectivity index (χ0) is 36.5. The van der Waals surface area contributed by atoms with Gasteiger partial charge in [0.2, 0.25) is 5.91 Å². The number of rotatable bonds is 9. The fourth-order valence-electron chi connectivity index (χ4n) is 7.80. The molecule has 8 rings (SSSR count). The van der Waals surface area contributed by atoms with Gasteiger partial charge in [-0.1, -0.05) is 30.3 Å². The summed E-state index contributed by atoms with van der Waals surface area (Å²) in [5.74, 6) is 0.790. The van der Waals surface area contributed by atoms with Gasteiger partial charge in [-0.15, -0.1) is 11.3 Å². The molecule has 0 aliphatic carbocycles. The number of carbonyl (C=O) groups excluding carboxylic acids is 1. The largest absolute Gasteiger partial charge is 0.497 e. The number of methoxy groups -OCH3 is 1. The lowest BCUT2D eigenvalue weighted by atomic mass is 9.79. The number of carbonyl (C=O) groups is 1. The van der Waals surface area contributed by atoms with Crippen LogP contribution in [0, 0.1) is 12.8 Å². The van der Waals surface area contributed by atoms with Crippen LogP contribution in [-0.4, -0.2) is 83.8 Å². The van der Waals surface area contributed by atoms with Crippen molar-refractivity contribution in [2.24, 2.45) is 5.92 Å². The molecule has 0 radical (unpaired) electrons. The van der Waals surface area contributed by atoms with E-state index in [9.17, 15) is 14.7 Å². The van der Waals surface area contributed by atoms with Crippen molar-refractivity contribution >= 4 is 28.3 Å². The van der Waals surface area contributed by atoms with Crippen molar-refractivity contribution in [2.75, 3.05) is 33.3 Å². The maximum Gasteiger partial charge on any atom is 0.262 e. The van der Waals surface area contributed by atoms with Gasteiger partial charge < -0.3 is 19.3 Å². The van der Waals surface area contributed by atoms with Gasteiger partial charge in [-0.2, -0.15) is 0 Å². The first-order valence-electron chi connectivity index (χ1n) is 18.1. The number of hydrogen-bond acceptors (Lipinski definition) is 9. The van der Waals surface area contributed by atoms with E-state index in [1.807, 2.05) is 83.5 Å². The zero-order valence-electron chi connectivity index (χ0n) is 30.0. The number of pyridine rings is 1. The summed E-state index contributed by atoms with van der Waals surface area (Å²) in [6, 6.07) is 23.8. The van der Waals surface area contributed by atoms with E-state index in [1.54, 1.807) is 24.5 Å². The van der Waals surface area contributed by atoms with E-state index in [4.69, 9.17) is 4.74 Å². The summed E-state index contributed by atoms with van der Waals surface area (Å²) in [7, 11) is 1.62. The number of aryl methyl sites for hydroxylation is 1. The first-order valence-corrected chi connectivity index (χ1v) is 19.0. The number of aromatic nitrogens is 5. The van der Waals surface area contributed by atoms with Gasteiger partial charge in [0.1, 0.15) is 17.1 Å². The van der Waals surface area contributed by atoms with Crippen LogP contribution in [0.5, 0.6) is 5.75 Å². The summed E-state index contributed by atoms with van der Waals surface area (Å²) < 4.78 is 8.64. The van der Waals surface area contributed by atoms with Crippen LogP contribution in [0.15, 0.2) is 103 Å². The summed E-state index contributed by atoms with van der Waals surface area (Å²) >= 11 is 1.69. The molecule has 0 spiro atoms. The van der Waals surface area contributed by atoms with Crippen LogP contribution < -0.4 is 10.3 Å². The minimum Gasteiger partial charge on any atom is -0.497 e. The molecule has 0 bridgehead atoms. The smallest absolute Gasteiger partial charge is 0.262 e. The van der Waals surface area contributed by atoms with Gasteiger partial charge in [-0.05, 0) is 80.8 Å². The minimum atomic E-state index is -1.13. The second-order valence-corrected chi connectivity index (χ2v) is 15.4. The third-order valence-electron chi connectivity index (χ3n) is 10.8. The number of hydrogen-bond donors (Lipinski definition) is 1. The third-order valence-corrected chi connectivity index (χ3v) is 11.9. The predicted octanol–water partition coefficient (Wildman–Crippen LogP) is 5.68. The fourth-order valence-corrected chi connectivity index (χ4v) is 8.74. The Kier molecular flexibility index (Phi) is 9.67. The number of aliphatic hydroxyl groups is 1. The molecule has 1 N–H and O–H groups in total. The predicted molar refractivity (Wildman–Crippen MR) is 205 cm³/mol. The van der Waals surface area contributed by atoms with Gasteiger partial charge in [-0.3, -0.25) is 24.0 Å². The van der Waals surface area contributed by atoms with Gasteiger partial charge >= 0.3 is 0 Å². The SMILES string of the molecule is COc1ccc(-n2ccc3c(=O)n(CC4(O)CCN(C(=O)[C@@H]5CCN(Cc6cnc(-c7ccc(C)nc7)s6)C[C@H]5c5ccccc5)CC4)cnc32)cc1. The van der Waals surface area contributed by atoms with Crippen LogP contribution in [0.4, 0.5) is 0 Å². The molecule has 2 atom stereocenters. The maximum absolute atomic E-state index is 14.2. The third kappa shape index (κ3) is 7.26. The van der Waals surface area contributed by atoms with Gasteiger partial charge in [0.15, 0.2) is 5.65 Å². The molecule has 4 aromatic heterocycles. The summed E-state index contributed by atoms with van der Waals surface area (Å²) in [5, 5.41) is 13.1. The van der Waals surface area contributed by atoms with Gasteiger partial charge in [0.05, 0.1) is 24.6 Å². The average Bonchev–Trinajstić information content (AvgIpc) is 3.85. The number of benzene rings is 2. The number of thiazole rings is 1. The molecule has 2 saturated heterocycles. The Hall–Kier alpha value is -5.17. The van der Waals surface area contributed by atoms with Gasteiger partial charge in [-0.25, -0.2) is 9.97 Å². The Morgan fingerprint density at radius 2 is 1.75 bits per heavy atom. The molecule has 6 heterocycles. The standard InChI is InChI=1S/C41H43N7O4S/c1-28-8-9-30(22-42-28)38-43-23-33(53-38)24-45-18-14-34(36(25-45)29-6-4-3-5-7-29)39(49)46-20-16-41(51,17-21-46)26-47-27-44-37-35(40(47)50)15-19-48(37)31-10-12-32(52-2)13-11-31/h3-13,15,19,22-23,27,34,36,51H,14,16-18,20-21,24-26H2,1-2H3/t34-,36+/m1/s1. The number of likely N-dealkylation sites (tertiary alicyclic amines) is 2. The highest BCUT2D eigenvalue weighted by Gasteiger charge is 2.41. The zero-order valence-corrected chi connectivity index (χ0v) is 30.8. The highest BCUT2D eigenvalue weighted by molar-refractivity contribution is 7.15. The monoisotopic (exact) mass is 729 g/mol. The second kappa shape index (κ2) is 14.7. The Bertz CT molecular complexity index is 2260. The molecule has 12 heteroatoms. The number of piperidine rings is 2. The molecule has 53 heavy (non-hydrogen) atoms. The molecule has 2 aromatic carbocycles. The number of nitrogens with zero attached hydrogens (tertiary/aromatic N) is 7. The van der Waals surface area contributed by atoms with Crippen LogP contribution >= 0.6 is 11.3 Å². The second-order valence-electron chi connectivity index (χ2n) is 14.3. The molecule has 0 unspecified atom stereocenters. The molecule has 6 aromatic rings. The van der Waals surface area contributed by atoms with Crippen molar-refractivity contribution in [3.63, 3.8) is 0 Å². The van der Waals surface area contributed by atoms with Crippen LogP contribution in [0.2, 0.25) is 0 Å². The fraction of sp³-hybridized carbons (Fsp3) is 0.341. The summed E-state index contributed by atoms with van der Waals surface area (Å²) in [5.41, 5.74) is 3.27. The average molecular weight is 730 g/mol. The van der Waals surface area contributed by atoms with E-state index in [0.717, 1.165) is 53.8 Å². The lowest BCUT2D eigenvalue weighted by molar-refractivity contribution is -0.142. The van der Waals surface area contributed by atoms with Crippen molar-refractivity contribution in [1.29, 1.82) is 0 Å². The van der Waals surface area contributed by atoms with Crippen molar-refractivity contribution in [2.45, 2.75) is 50.8 Å². The molecule has 2 fully saturated rings.